The van der Waals surface area contributed by atoms with Gasteiger partial charge in [-0.15, -0.1) is 0 Å². The van der Waals surface area contributed by atoms with Gasteiger partial charge in [-0.25, -0.2) is 4.79 Å². The molecule has 5 heteroatoms. The standard InChI is InChI=1S/C13H24N2O3/c1-15(10-4-6-11(16)7-5-10)13(17)18-12-3-2-8-14-9-12/h10-12,14,16H,2-9H2,1H3. The van der Waals surface area contributed by atoms with Crippen LogP contribution in [0.25, 0.3) is 0 Å². The first-order chi connectivity index (χ1) is 8.66. The predicted molar refractivity (Wildman–Crippen MR) is 68.4 cm³/mol. The van der Waals surface area contributed by atoms with E-state index in [9.17, 15) is 9.90 Å². The van der Waals surface area contributed by atoms with Gasteiger partial charge in [0.15, 0.2) is 0 Å². The minimum atomic E-state index is -0.218. The number of nitrogens with zero attached hydrogens (tertiary/aromatic N) is 1. The summed E-state index contributed by atoms with van der Waals surface area (Å²) in [5.41, 5.74) is 0. The first-order valence-corrected chi connectivity index (χ1v) is 6.99. The molecule has 2 fully saturated rings. The van der Waals surface area contributed by atoms with Gasteiger partial charge in [0.05, 0.1) is 6.10 Å². The number of amides is 1. The molecule has 2 aliphatic rings. The number of piperidine rings is 1. The molecule has 2 rings (SSSR count). The molecule has 0 aromatic carbocycles. The van der Waals surface area contributed by atoms with Gasteiger partial charge in [-0.05, 0) is 45.1 Å². The monoisotopic (exact) mass is 256 g/mol. The van der Waals surface area contributed by atoms with Crippen LogP contribution >= 0.6 is 0 Å². The maximum absolute atomic E-state index is 12.0. The maximum atomic E-state index is 12.0. The largest absolute Gasteiger partial charge is 0.445 e. The second-order valence-corrected chi connectivity index (χ2v) is 5.43. The van der Waals surface area contributed by atoms with Gasteiger partial charge in [0.2, 0.25) is 0 Å². The van der Waals surface area contributed by atoms with Crippen LogP contribution in [0, 0.1) is 0 Å². The zero-order valence-electron chi connectivity index (χ0n) is 11.1. The Morgan fingerprint density at radius 3 is 2.61 bits per heavy atom. The number of hydrogen-bond acceptors (Lipinski definition) is 4. The van der Waals surface area contributed by atoms with E-state index in [1.807, 2.05) is 0 Å². The van der Waals surface area contributed by atoms with Crippen LogP contribution in [0.3, 0.4) is 0 Å². The third-order valence-electron chi connectivity index (χ3n) is 4.02. The summed E-state index contributed by atoms with van der Waals surface area (Å²) in [7, 11) is 1.81. The van der Waals surface area contributed by atoms with Crippen LogP contribution in [0.2, 0.25) is 0 Å². The maximum Gasteiger partial charge on any atom is 0.410 e. The summed E-state index contributed by atoms with van der Waals surface area (Å²) in [6.07, 6.45) is 4.94. The molecule has 1 aliphatic heterocycles. The quantitative estimate of drug-likeness (QED) is 0.777. The van der Waals surface area contributed by atoms with E-state index in [-0.39, 0.29) is 24.3 Å². The summed E-state index contributed by atoms with van der Waals surface area (Å²) in [4.78, 5) is 13.7. The molecule has 18 heavy (non-hydrogen) atoms. The number of carbonyl (C=O) groups excluding carboxylic acids is 1. The fourth-order valence-corrected chi connectivity index (χ4v) is 2.74. The van der Waals surface area contributed by atoms with E-state index in [2.05, 4.69) is 5.32 Å². The Morgan fingerprint density at radius 2 is 2.00 bits per heavy atom. The van der Waals surface area contributed by atoms with Crippen molar-refractivity contribution in [2.24, 2.45) is 0 Å². The van der Waals surface area contributed by atoms with Crippen molar-refractivity contribution in [2.45, 2.75) is 56.8 Å². The van der Waals surface area contributed by atoms with Gasteiger partial charge in [-0.3, -0.25) is 0 Å². The molecule has 1 atom stereocenters. The molecular formula is C13H24N2O3. The number of ether oxygens (including phenoxy) is 1. The van der Waals surface area contributed by atoms with Crippen LogP contribution in [-0.4, -0.2) is 54.5 Å². The molecule has 1 saturated carbocycles. The lowest BCUT2D eigenvalue weighted by molar-refractivity contribution is 0.0333. The molecule has 0 radical (unpaired) electrons. The van der Waals surface area contributed by atoms with E-state index in [0.29, 0.717) is 0 Å². The molecule has 5 nitrogen and oxygen atoms in total. The molecule has 1 saturated heterocycles. The van der Waals surface area contributed by atoms with Crippen LogP contribution in [0.15, 0.2) is 0 Å². The van der Waals surface area contributed by atoms with Crippen molar-refractivity contribution in [3.8, 4) is 0 Å². The Labute approximate surface area is 108 Å². The minimum absolute atomic E-state index is 0.0166. The van der Waals surface area contributed by atoms with Crippen molar-refractivity contribution >= 4 is 6.09 Å². The van der Waals surface area contributed by atoms with Gasteiger partial charge >= 0.3 is 6.09 Å². The molecule has 0 aromatic rings. The third-order valence-corrected chi connectivity index (χ3v) is 4.02. The van der Waals surface area contributed by atoms with Gasteiger partial charge in [0.25, 0.3) is 0 Å². The second kappa shape index (κ2) is 6.38. The first-order valence-electron chi connectivity index (χ1n) is 6.99. The fraction of sp³-hybridized carbons (Fsp3) is 0.923. The van der Waals surface area contributed by atoms with Gasteiger partial charge in [0.1, 0.15) is 6.10 Å². The second-order valence-electron chi connectivity index (χ2n) is 5.43. The SMILES string of the molecule is CN(C(=O)OC1CCCNC1)C1CCC(O)CC1. The summed E-state index contributed by atoms with van der Waals surface area (Å²) in [5, 5.41) is 12.7. The molecular weight excluding hydrogens is 232 g/mol. The van der Waals surface area contributed by atoms with Crippen molar-refractivity contribution in [3.05, 3.63) is 0 Å². The lowest BCUT2D eigenvalue weighted by Gasteiger charge is -2.34. The Bertz CT molecular complexity index is 271. The topological polar surface area (TPSA) is 61.8 Å². The number of aliphatic hydroxyl groups is 1. The third kappa shape index (κ3) is 3.59. The fourth-order valence-electron chi connectivity index (χ4n) is 2.74. The van der Waals surface area contributed by atoms with Crippen LogP contribution in [-0.2, 0) is 4.74 Å². The van der Waals surface area contributed by atoms with Gasteiger partial charge in [-0.2, -0.15) is 0 Å². The highest BCUT2D eigenvalue weighted by Crippen LogP contribution is 2.23. The molecule has 1 aliphatic carbocycles. The van der Waals surface area contributed by atoms with Gasteiger partial charge in [-0.1, -0.05) is 0 Å². The van der Waals surface area contributed by atoms with Gasteiger partial charge < -0.3 is 20.1 Å². The number of nitrogens with one attached hydrogen (secondary N) is 1. The zero-order valence-corrected chi connectivity index (χ0v) is 11.1. The van der Waals surface area contributed by atoms with E-state index in [1.165, 1.54) is 0 Å². The van der Waals surface area contributed by atoms with E-state index in [4.69, 9.17) is 4.74 Å². The Balaban J connectivity index is 1.77. The number of rotatable bonds is 2. The van der Waals surface area contributed by atoms with Crippen molar-refractivity contribution in [2.75, 3.05) is 20.1 Å². The average molecular weight is 256 g/mol. The highest BCUT2D eigenvalue weighted by atomic mass is 16.6. The van der Waals surface area contributed by atoms with Crippen LogP contribution in [0.5, 0.6) is 0 Å². The van der Waals surface area contributed by atoms with Crippen LogP contribution < -0.4 is 5.32 Å². The van der Waals surface area contributed by atoms with E-state index in [1.54, 1.807) is 11.9 Å². The van der Waals surface area contributed by atoms with Crippen molar-refractivity contribution < 1.29 is 14.6 Å². The summed E-state index contributed by atoms with van der Waals surface area (Å²) in [6, 6.07) is 0.220. The van der Waals surface area contributed by atoms with E-state index >= 15 is 0 Å². The highest BCUT2D eigenvalue weighted by molar-refractivity contribution is 5.67. The summed E-state index contributed by atoms with van der Waals surface area (Å²) in [6.45, 7) is 1.79. The minimum Gasteiger partial charge on any atom is -0.445 e. The average Bonchev–Trinajstić information content (AvgIpc) is 2.40. The first kappa shape index (κ1) is 13.6. The molecule has 0 bridgehead atoms. The molecule has 2 N–H and O–H groups in total. The van der Waals surface area contributed by atoms with Crippen molar-refractivity contribution in [1.82, 2.24) is 10.2 Å². The lowest BCUT2D eigenvalue weighted by atomic mass is 9.92. The van der Waals surface area contributed by atoms with Crippen LogP contribution in [0.4, 0.5) is 4.79 Å². The normalized spacial score (nSPS) is 32.9. The molecule has 1 amide bonds. The Hall–Kier alpha value is -0.810. The summed E-state index contributed by atoms with van der Waals surface area (Å²) in [5.74, 6) is 0. The zero-order chi connectivity index (χ0) is 13.0. The smallest absolute Gasteiger partial charge is 0.410 e. The lowest BCUT2D eigenvalue weighted by Crippen LogP contribution is -2.44. The number of hydrogen-bond donors (Lipinski definition) is 2. The highest BCUT2D eigenvalue weighted by Gasteiger charge is 2.28. The molecule has 0 spiro atoms. The summed E-state index contributed by atoms with van der Waals surface area (Å²) >= 11 is 0. The van der Waals surface area contributed by atoms with Gasteiger partial charge in [0, 0.05) is 19.6 Å². The predicted octanol–water partition coefficient (Wildman–Crippen LogP) is 1.11. The number of aliphatic hydroxyl groups excluding tert-OH is 1. The van der Waals surface area contributed by atoms with Crippen molar-refractivity contribution in [3.63, 3.8) is 0 Å². The molecule has 1 heterocycles. The Morgan fingerprint density at radius 1 is 1.28 bits per heavy atom. The molecule has 1 unspecified atom stereocenters. The van der Waals surface area contributed by atoms with Crippen molar-refractivity contribution in [1.29, 1.82) is 0 Å². The van der Waals surface area contributed by atoms with E-state index < -0.39 is 0 Å². The summed E-state index contributed by atoms with van der Waals surface area (Å²) < 4.78 is 5.50. The number of carbonyl (C=O) groups is 1. The molecule has 0 aromatic heterocycles. The Kier molecular flexibility index (Phi) is 4.83. The van der Waals surface area contributed by atoms with Crippen LogP contribution in [0.1, 0.15) is 38.5 Å². The molecule has 104 valence electrons. The van der Waals surface area contributed by atoms with E-state index in [0.717, 1.165) is 51.6 Å².